The smallest absolute Gasteiger partial charge is 0.387 e. The number of pyridine rings is 1. The maximum Gasteiger partial charge on any atom is 0.387 e. The lowest BCUT2D eigenvalue weighted by Crippen LogP contribution is -2.26. The summed E-state index contributed by atoms with van der Waals surface area (Å²) < 4.78 is 72.8. The molecule has 45 heavy (non-hydrogen) atoms. The van der Waals surface area contributed by atoms with Crippen LogP contribution >= 0.6 is 23.2 Å². The van der Waals surface area contributed by atoms with Crippen LogP contribution in [0.2, 0.25) is 10.0 Å². The minimum atomic E-state index is -3.53. The van der Waals surface area contributed by atoms with Gasteiger partial charge >= 0.3 is 18.6 Å². The molecule has 1 saturated carbocycles. The van der Waals surface area contributed by atoms with E-state index in [0.29, 0.717) is 15.9 Å². The normalized spacial score (nSPS) is 13.6. The predicted octanol–water partition coefficient (Wildman–Crippen LogP) is 5.00. The van der Waals surface area contributed by atoms with Gasteiger partial charge in [0.1, 0.15) is 16.1 Å². The molecule has 0 bridgehead atoms. The zero-order chi connectivity index (χ0) is 32.7. The first-order valence-corrected chi connectivity index (χ1v) is 16.1. The van der Waals surface area contributed by atoms with Crippen molar-refractivity contribution in [3.8, 4) is 11.5 Å². The van der Waals surface area contributed by atoms with E-state index in [2.05, 4.69) is 9.46 Å². The maximum atomic E-state index is 13.1. The van der Waals surface area contributed by atoms with E-state index in [1.165, 1.54) is 30.3 Å². The Morgan fingerprint density at radius 2 is 1.78 bits per heavy atom. The predicted molar refractivity (Wildman–Crippen MR) is 159 cm³/mol. The highest BCUT2D eigenvalue weighted by atomic mass is 35.5. The van der Waals surface area contributed by atoms with Gasteiger partial charge in [-0.1, -0.05) is 41.4 Å². The van der Waals surface area contributed by atoms with E-state index in [4.69, 9.17) is 37.4 Å². The van der Waals surface area contributed by atoms with Crippen molar-refractivity contribution in [2.75, 3.05) is 24.2 Å². The number of carbonyl (C=O) groups is 2. The number of benzene rings is 2. The second-order valence-electron chi connectivity index (χ2n) is 10.2. The van der Waals surface area contributed by atoms with Gasteiger partial charge in [-0.25, -0.2) is 13.2 Å². The van der Waals surface area contributed by atoms with Crippen molar-refractivity contribution in [3.05, 3.63) is 86.8 Å². The molecule has 4 rings (SSSR count). The number of aromatic nitrogens is 1. The maximum absolute atomic E-state index is 13.1. The summed E-state index contributed by atoms with van der Waals surface area (Å²) in [7, 11) is -3.53. The van der Waals surface area contributed by atoms with Gasteiger partial charge < -0.3 is 24.2 Å². The number of ether oxygens (including phenoxy) is 4. The van der Waals surface area contributed by atoms with Gasteiger partial charge in [0.15, 0.2) is 30.5 Å². The summed E-state index contributed by atoms with van der Waals surface area (Å²) in [5.74, 6) is -1.68. The first-order valence-electron chi connectivity index (χ1n) is 13.5. The van der Waals surface area contributed by atoms with Gasteiger partial charge in [-0.05, 0) is 54.2 Å². The zero-order valence-corrected chi connectivity index (χ0v) is 26.0. The Labute approximate surface area is 267 Å². The van der Waals surface area contributed by atoms with Gasteiger partial charge in [-0.3, -0.25) is 9.52 Å². The van der Waals surface area contributed by atoms with Crippen molar-refractivity contribution in [1.29, 1.82) is 0 Å². The SMILES string of the molecule is CS(=O)(=O)Nc1cccc(CC(=O)OCC(=O)O[C@@H](Cc2c(Cl)c[n+]([O-])cc2Cl)c2ccc(OC(F)F)c(OCC3CC3)c2)c1. The molecule has 0 saturated heterocycles. The van der Waals surface area contributed by atoms with Gasteiger partial charge in [-0.2, -0.15) is 13.5 Å². The van der Waals surface area contributed by atoms with E-state index < -0.39 is 41.3 Å². The van der Waals surface area contributed by atoms with Crippen LogP contribution in [-0.4, -0.2) is 46.4 Å². The highest BCUT2D eigenvalue weighted by molar-refractivity contribution is 7.92. The monoisotopic (exact) mass is 688 g/mol. The Bertz CT molecular complexity index is 1630. The number of sulfonamides is 1. The molecular weight excluding hydrogens is 661 g/mol. The van der Waals surface area contributed by atoms with E-state index in [-0.39, 0.29) is 58.2 Å². The molecule has 1 aliphatic rings. The molecule has 0 unspecified atom stereocenters. The van der Waals surface area contributed by atoms with Crippen molar-refractivity contribution in [1.82, 2.24) is 0 Å². The number of carbonyl (C=O) groups excluding carboxylic acids is 2. The molecule has 1 aromatic heterocycles. The fourth-order valence-corrected chi connectivity index (χ4v) is 5.32. The Morgan fingerprint density at radius 3 is 2.42 bits per heavy atom. The van der Waals surface area contributed by atoms with Crippen LogP contribution in [0.25, 0.3) is 0 Å². The Morgan fingerprint density at radius 1 is 1.07 bits per heavy atom. The van der Waals surface area contributed by atoms with Crippen LogP contribution in [0.15, 0.2) is 54.9 Å². The number of rotatable bonds is 15. The van der Waals surface area contributed by atoms with Crippen LogP contribution in [0.1, 0.15) is 35.6 Å². The first-order chi connectivity index (χ1) is 21.3. The van der Waals surface area contributed by atoms with Crippen molar-refractivity contribution in [2.45, 2.75) is 38.4 Å². The number of hydrogen-bond donors (Lipinski definition) is 1. The van der Waals surface area contributed by atoms with E-state index in [0.717, 1.165) is 31.5 Å². The molecule has 3 aromatic rings. The molecule has 0 amide bonds. The number of esters is 2. The topological polar surface area (TPSA) is 144 Å². The van der Waals surface area contributed by atoms with Crippen LogP contribution in [0.5, 0.6) is 11.5 Å². The Hall–Kier alpha value is -3.88. The van der Waals surface area contributed by atoms with Gasteiger partial charge in [0.2, 0.25) is 10.0 Å². The van der Waals surface area contributed by atoms with E-state index >= 15 is 0 Å². The van der Waals surface area contributed by atoms with E-state index in [9.17, 15) is 32.0 Å². The number of halogens is 4. The fraction of sp³-hybridized carbons (Fsp3) is 0.345. The molecule has 0 spiro atoms. The molecule has 1 fully saturated rings. The second-order valence-corrected chi connectivity index (χ2v) is 12.8. The van der Waals surface area contributed by atoms with Crippen molar-refractivity contribution in [2.24, 2.45) is 5.92 Å². The molecule has 1 heterocycles. The Balaban J connectivity index is 1.50. The van der Waals surface area contributed by atoms with E-state index in [1.54, 1.807) is 12.1 Å². The summed E-state index contributed by atoms with van der Waals surface area (Å²) in [6.45, 7) is -3.62. The third-order valence-corrected chi connectivity index (χ3v) is 7.64. The molecular formula is C29H28Cl2F2N2O9S. The number of nitrogens with one attached hydrogen (secondary N) is 1. The summed E-state index contributed by atoms with van der Waals surface area (Å²) in [4.78, 5) is 25.3. The molecule has 0 radical (unpaired) electrons. The number of anilines is 1. The summed E-state index contributed by atoms with van der Waals surface area (Å²) >= 11 is 12.5. The molecule has 1 atom stereocenters. The standard InChI is InChI=1S/C29H28Cl2F2N2O9S/c1-45(39,40)34-20-4-2-3-18(9-20)10-27(36)42-16-28(37)43-25(12-21-22(30)13-35(38)14-23(21)31)19-7-8-24(44-29(32)33)26(11-19)41-15-17-5-6-17/h2-4,7-9,11,13-14,17,25,29,34H,5-6,10,12,15-16H2,1H3/t25-/m0/s1. The van der Waals surface area contributed by atoms with Crippen LogP contribution < -0.4 is 18.9 Å². The molecule has 242 valence electrons. The van der Waals surface area contributed by atoms with Gasteiger partial charge in [0.25, 0.3) is 0 Å². The summed E-state index contributed by atoms with van der Waals surface area (Å²) in [5, 5.41) is 11.7. The number of nitrogens with zero attached hydrogens (tertiary/aromatic N) is 1. The summed E-state index contributed by atoms with van der Waals surface area (Å²) in [6.07, 6.45) is 3.44. The average Bonchev–Trinajstić information content (AvgIpc) is 3.76. The van der Waals surface area contributed by atoms with Crippen LogP contribution in [0, 0.1) is 11.1 Å². The van der Waals surface area contributed by atoms with Crippen molar-refractivity contribution < 1.29 is 50.5 Å². The van der Waals surface area contributed by atoms with Crippen molar-refractivity contribution >= 4 is 50.9 Å². The number of alkyl halides is 2. The van der Waals surface area contributed by atoms with Crippen LogP contribution in [0.4, 0.5) is 14.5 Å². The molecule has 1 N–H and O–H groups in total. The minimum Gasteiger partial charge on any atom is -0.619 e. The third-order valence-electron chi connectivity index (χ3n) is 6.38. The summed E-state index contributed by atoms with van der Waals surface area (Å²) in [6, 6.07) is 10.1. The average molecular weight is 690 g/mol. The zero-order valence-electron chi connectivity index (χ0n) is 23.7. The molecule has 1 aliphatic carbocycles. The van der Waals surface area contributed by atoms with Crippen LogP contribution in [-0.2, 0) is 41.9 Å². The van der Waals surface area contributed by atoms with Gasteiger partial charge in [-0.15, -0.1) is 0 Å². The molecule has 16 heteroatoms. The van der Waals surface area contributed by atoms with Crippen molar-refractivity contribution in [3.63, 3.8) is 0 Å². The molecule has 2 aromatic carbocycles. The lowest BCUT2D eigenvalue weighted by Gasteiger charge is -2.21. The Kier molecular flexibility index (Phi) is 11.3. The van der Waals surface area contributed by atoms with Gasteiger partial charge in [0.05, 0.1) is 19.3 Å². The number of hydrogen-bond acceptors (Lipinski definition) is 9. The lowest BCUT2D eigenvalue weighted by atomic mass is 10.0. The minimum absolute atomic E-state index is 0.00225. The quantitative estimate of drug-likeness (QED) is 0.132. The third kappa shape index (κ3) is 10.9. The fourth-order valence-electron chi connectivity index (χ4n) is 4.17. The largest absolute Gasteiger partial charge is 0.619 e. The second kappa shape index (κ2) is 14.9. The molecule has 11 nitrogen and oxygen atoms in total. The highest BCUT2D eigenvalue weighted by Gasteiger charge is 2.27. The van der Waals surface area contributed by atoms with Crippen LogP contribution in [0.3, 0.4) is 0 Å². The lowest BCUT2D eigenvalue weighted by molar-refractivity contribution is -0.605. The molecule has 0 aliphatic heterocycles. The first kappa shape index (κ1) is 34.0. The van der Waals surface area contributed by atoms with Gasteiger partial charge in [0, 0.05) is 17.7 Å². The summed E-state index contributed by atoms with van der Waals surface area (Å²) in [5.41, 5.74) is 1.23. The van der Waals surface area contributed by atoms with E-state index in [1.807, 2.05) is 0 Å². The highest BCUT2D eigenvalue weighted by Crippen LogP contribution is 2.37.